The number of amides is 1. The van der Waals surface area contributed by atoms with Crippen LogP contribution in [0.4, 0.5) is 10.6 Å². The molecule has 0 fully saturated rings. The van der Waals surface area contributed by atoms with Crippen LogP contribution in [0, 0.1) is 0 Å². The predicted molar refractivity (Wildman–Crippen MR) is 141 cm³/mol. The molecule has 1 amide bonds. The molecule has 3 heterocycles. The number of pyridine rings is 2. The van der Waals surface area contributed by atoms with E-state index in [0.29, 0.717) is 37.7 Å². The van der Waals surface area contributed by atoms with Crippen molar-refractivity contribution >= 4 is 33.8 Å². The number of benzene rings is 1. The van der Waals surface area contributed by atoms with Gasteiger partial charge in [-0.25, -0.2) is 14.8 Å². The van der Waals surface area contributed by atoms with E-state index in [9.17, 15) is 4.79 Å². The highest BCUT2D eigenvalue weighted by atomic mass is 16.5. The lowest BCUT2D eigenvalue weighted by atomic mass is 10.0. The molecule has 0 bridgehead atoms. The van der Waals surface area contributed by atoms with Crippen LogP contribution in [0.15, 0.2) is 42.7 Å². The zero-order chi connectivity index (χ0) is 25.7. The average Bonchev–Trinajstić information content (AvgIpc) is 3.21. The van der Waals surface area contributed by atoms with Crippen molar-refractivity contribution in [3.05, 3.63) is 48.5 Å². The van der Waals surface area contributed by atoms with Crippen molar-refractivity contribution in [3.63, 3.8) is 0 Å². The van der Waals surface area contributed by atoms with Crippen molar-refractivity contribution in [1.82, 2.24) is 24.8 Å². The van der Waals surface area contributed by atoms with Gasteiger partial charge in [0.25, 0.3) is 0 Å². The van der Waals surface area contributed by atoms with Crippen molar-refractivity contribution < 1.29 is 14.3 Å². The normalized spacial score (nSPS) is 11.8. The summed E-state index contributed by atoms with van der Waals surface area (Å²) >= 11 is 0. The second-order valence-electron chi connectivity index (χ2n) is 9.70. The van der Waals surface area contributed by atoms with Gasteiger partial charge in [-0.2, -0.15) is 0 Å². The monoisotopic (exact) mass is 490 g/mol. The number of imidazole rings is 1. The Balaban J connectivity index is 1.61. The van der Waals surface area contributed by atoms with Gasteiger partial charge in [-0.05, 0) is 58.2 Å². The Bertz CT molecular complexity index is 1340. The SMILES string of the molecule is CCOCc1nc2c(N)nc3cc(-c4cccnc4)ccc3c2n1CCCCOC(=O)NC(C)(C)C. The van der Waals surface area contributed by atoms with Crippen LogP contribution in [0.2, 0.25) is 0 Å². The van der Waals surface area contributed by atoms with E-state index in [1.54, 1.807) is 6.20 Å². The van der Waals surface area contributed by atoms with E-state index < -0.39 is 6.09 Å². The van der Waals surface area contributed by atoms with Crippen molar-refractivity contribution in [1.29, 1.82) is 0 Å². The third-order valence-corrected chi connectivity index (χ3v) is 5.70. The van der Waals surface area contributed by atoms with E-state index in [4.69, 9.17) is 20.2 Å². The summed E-state index contributed by atoms with van der Waals surface area (Å²) in [7, 11) is 0. The quantitative estimate of drug-likeness (QED) is 0.315. The number of rotatable bonds is 9. The smallest absolute Gasteiger partial charge is 0.407 e. The van der Waals surface area contributed by atoms with Gasteiger partial charge >= 0.3 is 6.09 Å². The minimum Gasteiger partial charge on any atom is -0.450 e. The molecule has 3 aromatic heterocycles. The van der Waals surface area contributed by atoms with Crippen LogP contribution in [-0.2, 0) is 22.6 Å². The van der Waals surface area contributed by atoms with Crippen molar-refractivity contribution in [2.75, 3.05) is 18.9 Å². The van der Waals surface area contributed by atoms with Crippen LogP contribution in [0.5, 0.6) is 0 Å². The summed E-state index contributed by atoms with van der Waals surface area (Å²) in [5.41, 5.74) is 10.5. The van der Waals surface area contributed by atoms with Gasteiger partial charge in [0.05, 0.1) is 17.6 Å². The summed E-state index contributed by atoms with van der Waals surface area (Å²) in [4.78, 5) is 25.6. The van der Waals surface area contributed by atoms with Gasteiger partial charge < -0.3 is 25.1 Å². The van der Waals surface area contributed by atoms with Gasteiger partial charge in [0, 0.05) is 42.0 Å². The molecule has 4 aromatic rings. The molecule has 0 atom stereocenters. The van der Waals surface area contributed by atoms with Crippen LogP contribution >= 0.6 is 0 Å². The zero-order valence-electron chi connectivity index (χ0n) is 21.4. The van der Waals surface area contributed by atoms with Crippen LogP contribution in [0.1, 0.15) is 46.4 Å². The number of ether oxygens (including phenoxy) is 2. The number of fused-ring (bicyclic) bond motifs is 3. The van der Waals surface area contributed by atoms with E-state index in [1.165, 1.54) is 0 Å². The minimum absolute atomic E-state index is 0.326. The molecule has 0 unspecified atom stereocenters. The van der Waals surface area contributed by atoms with Crippen LogP contribution in [0.3, 0.4) is 0 Å². The third-order valence-electron chi connectivity index (χ3n) is 5.70. The molecule has 0 spiro atoms. The van der Waals surface area contributed by atoms with Crippen molar-refractivity contribution in [2.24, 2.45) is 0 Å². The second-order valence-corrected chi connectivity index (χ2v) is 9.70. The molecule has 190 valence electrons. The summed E-state index contributed by atoms with van der Waals surface area (Å²) in [5.74, 6) is 1.19. The first-order chi connectivity index (χ1) is 17.3. The lowest BCUT2D eigenvalue weighted by molar-refractivity contribution is 0.125. The number of carbonyl (C=O) groups excluding carboxylic acids is 1. The van der Waals surface area contributed by atoms with Gasteiger partial charge in [-0.15, -0.1) is 0 Å². The number of alkyl carbamates (subject to hydrolysis) is 1. The van der Waals surface area contributed by atoms with Crippen molar-refractivity contribution in [2.45, 2.75) is 59.2 Å². The predicted octanol–water partition coefficient (Wildman–Crippen LogP) is 5.07. The molecule has 0 saturated carbocycles. The molecule has 0 radical (unpaired) electrons. The Labute approximate surface area is 211 Å². The van der Waals surface area contributed by atoms with Gasteiger partial charge in [0.15, 0.2) is 5.82 Å². The largest absolute Gasteiger partial charge is 0.450 e. The number of hydrogen-bond donors (Lipinski definition) is 2. The Hall–Kier alpha value is -3.72. The molecule has 9 nitrogen and oxygen atoms in total. The lowest BCUT2D eigenvalue weighted by Crippen LogP contribution is -2.41. The van der Waals surface area contributed by atoms with Gasteiger partial charge in [-0.3, -0.25) is 4.98 Å². The maximum absolute atomic E-state index is 11.9. The number of aryl methyl sites for hydroxylation is 1. The molecule has 36 heavy (non-hydrogen) atoms. The number of nitrogen functional groups attached to an aromatic ring is 1. The molecule has 0 aliphatic heterocycles. The number of carbonyl (C=O) groups is 1. The zero-order valence-corrected chi connectivity index (χ0v) is 21.4. The molecule has 0 saturated heterocycles. The standard InChI is InChI=1S/C27H34N6O3/c1-5-35-17-22-31-23-24(33(22)13-6-7-14-36-26(34)32-27(2,3)4)20-11-10-18(15-21(20)30-25(23)28)19-9-8-12-29-16-19/h8-12,15-16H,5-7,13-14,17H2,1-4H3,(H2,28,30)(H,32,34). The van der Waals surface area contributed by atoms with Gasteiger partial charge in [0.2, 0.25) is 0 Å². The highest BCUT2D eigenvalue weighted by molar-refractivity contribution is 6.07. The van der Waals surface area contributed by atoms with E-state index in [1.807, 2.05) is 52.1 Å². The molecule has 3 N–H and O–H groups in total. The number of nitrogens with two attached hydrogens (primary N) is 1. The topological polar surface area (TPSA) is 117 Å². The van der Waals surface area contributed by atoms with E-state index in [-0.39, 0.29) is 5.54 Å². The molecular weight excluding hydrogens is 456 g/mol. The molecule has 4 rings (SSSR count). The Morgan fingerprint density at radius 1 is 1.14 bits per heavy atom. The maximum atomic E-state index is 11.9. The fourth-order valence-corrected chi connectivity index (χ4v) is 4.09. The first kappa shape index (κ1) is 25.4. The minimum atomic E-state index is -0.401. The van der Waals surface area contributed by atoms with E-state index in [0.717, 1.165) is 46.2 Å². The fourth-order valence-electron chi connectivity index (χ4n) is 4.09. The molecule has 1 aromatic carbocycles. The number of aromatic nitrogens is 4. The molecule has 9 heteroatoms. The van der Waals surface area contributed by atoms with E-state index in [2.05, 4.69) is 32.0 Å². The molecule has 0 aliphatic rings. The average molecular weight is 491 g/mol. The van der Waals surface area contributed by atoms with Crippen LogP contribution in [0.25, 0.3) is 33.1 Å². The number of hydrogen-bond acceptors (Lipinski definition) is 7. The van der Waals surface area contributed by atoms with Crippen molar-refractivity contribution in [3.8, 4) is 11.1 Å². The molecular formula is C27H34N6O3. The molecule has 0 aliphatic carbocycles. The first-order valence-electron chi connectivity index (χ1n) is 12.3. The summed E-state index contributed by atoms with van der Waals surface area (Å²) in [6.07, 6.45) is 4.70. The Morgan fingerprint density at radius 2 is 1.97 bits per heavy atom. The van der Waals surface area contributed by atoms with Gasteiger partial charge in [-0.1, -0.05) is 18.2 Å². The van der Waals surface area contributed by atoms with E-state index >= 15 is 0 Å². The summed E-state index contributed by atoms with van der Waals surface area (Å²) in [5, 5.41) is 3.78. The number of nitrogens with zero attached hydrogens (tertiary/aromatic N) is 4. The fraction of sp³-hybridized carbons (Fsp3) is 0.407. The third kappa shape index (κ3) is 5.91. The summed E-state index contributed by atoms with van der Waals surface area (Å²) in [6, 6.07) is 10.1. The Morgan fingerprint density at radius 3 is 2.69 bits per heavy atom. The number of nitrogens with one attached hydrogen (secondary N) is 1. The second kappa shape index (κ2) is 10.9. The lowest BCUT2D eigenvalue weighted by Gasteiger charge is -2.20. The first-order valence-corrected chi connectivity index (χ1v) is 12.3. The number of unbranched alkanes of at least 4 members (excludes halogenated alkanes) is 1. The summed E-state index contributed by atoms with van der Waals surface area (Å²) in [6.45, 7) is 9.71. The van der Waals surface area contributed by atoms with Crippen LogP contribution < -0.4 is 11.1 Å². The highest BCUT2D eigenvalue weighted by Gasteiger charge is 2.18. The highest BCUT2D eigenvalue weighted by Crippen LogP contribution is 2.32. The number of anilines is 1. The van der Waals surface area contributed by atoms with Gasteiger partial charge in [0.1, 0.15) is 17.9 Å². The summed E-state index contributed by atoms with van der Waals surface area (Å²) < 4.78 is 13.2. The maximum Gasteiger partial charge on any atom is 0.407 e. The van der Waals surface area contributed by atoms with Crippen LogP contribution in [-0.4, -0.2) is 44.4 Å². The Kier molecular flexibility index (Phi) is 7.69.